The molecule has 1 unspecified atom stereocenters. The van der Waals surface area contributed by atoms with Crippen molar-refractivity contribution in [3.05, 3.63) is 44.0 Å². The molecule has 0 aliphatic heterocycles. The van der Waals surface area contributed by atoms with Crippen molar-refractivity contribution in [3.8, 4) is 5.75 Å². The molecule has 0 saturated heterocycles. The molecule has 2 amide bonds. The van der Waals surface area contributed by atoms with Gasteiger partial charge in [-0.15, -0.1) is 11.3 Å². The van der Waals surface area contributed by atoms with E-state index in [2.05, 4.69) is 26.6 Å². The van der Waals surface area contributed by atoms with E-state index in [9.17, 15) is 14.7 Å². The molecule has 22 heavy (non-hydrogen) atoms. The number of anilines is 1. The molecule has 1 heterocycles. The fraction of sp³-hybridized carbons (Fsp3) is 0.143. The standard InChI is InChI=1S/C14H12BrClN2O3S/c1-7(17-14(21)11-4-5-12(15)22-11)13(20)18-9-6-8(16)2-3-10(9)19/h2-7,19H,1H3,(H,17,21)(H,18,20). The van der Waals surface area contributed by atoms with Crippen LogP contribution in [0.15, 0.2) is 34.1 Å². The highest BCUT2D eigenvalue weighted by atomic mass is 79.9. The van der Waals surface area contributed by atoms with E-state index in [0.717, 1.165) is 3.79 Å². The molecule has 1 atom stereocenters. The molecule has 1 aromatic carbocycles. The number of phenolic OH excluding ortho intramolecular Hbond substituents is 1. The topological polar surface area (TPSA) is 78.4 Å². The summed E-state index contributed by atoms with van der Waals surface area (Å²) in [5, 5.41) is 15.2. The Kier molecular flexibility index (Phi) is 5.44. The van der Waals surface area contributed by atoms with Crippen LogP contribution in [0.5, 0.6) is 5.75 Å². The van der Waals surface area contributed by atoms with Crippen molar-refractivity contribution in [3.63, 3.8) is 0 Å². The van der Waals surface area contributed by atoms with Crippen LogP contribution in [0.4, 0.5) is 5.69 Å². The van der Waals surface area contributed by atoms with E-state index in [0.29, 0.717) is 9.90 Å². The number of hydrogen-bond donors (Lipinski definition) is 3. The first-order valence-electron chi connectivity index (χ1n) is 6.22. The lowest BCUT2D eigenvalue weighted by molar-refractivity contribution is -0.117. The van der Waals surface area contributed by atoms with Gasteiger partial charge >= 0.3 is 0 Å². The van der Waals surface area contributed by atoms with Crippen LogP contribution in [-0.4, -0.2) is 23.0 Å². The van der Waals surface area contributed by atoms with Crippen molar-refractivity contribution in [2.75, 3.05) is 5.32 Å². The largest absolute Gasteiger partial charge is 0.506 e. The minimum atomic E-state index is -0.772. The summed E-state index contributed by atoms with van der Waals surface area (Å²) in [7, 11) is 0. The van der Waals surface area contributed by atoms with E-state index in [1.165, 1.54) is 29.5 Å². The Morgan fingerprint density at radius 1 is 1.32 bits per heavy atom. The zero-order valence-electron chi connectivity index (χ0n) is 11.4. The fourth-order valence-corrected chi connectivity index (χ4v) is 3.08. The Labute approximate surface area is 144 Å². The molecule has 0 aliphatic rings. The highest BCUT2D eigenvalue weighted by Crippen LogP contribution is 2.26. The molecule has 0 radical (unpaired) electrons. The summed E-state index contributed by atoms with van der Waals surface area (Å²) in [5.74, 6) is -0.895. The number of carbonyl (C=O) groups is 2. The summed E-state index contributed by atoms with van der Waals surface area (Å²) in [6.45, 7) is 1.55. The number of hydrogen-bond acceptors (Lipinski definition) is 4. The van der Waals surface area contributed by atoms with Gasteiger partial charge in [0.05, 0.1) is 14.4 Å². The van der Waals surface area contributed by atoms with Crippen LogP contribution >= 0.6 is 38.9 Å². The molecule has 8 heteroatoms. The number of benzene rings is 1. The van der Waals surface area contributed by atoms with Gasteiger partial charge in [0.2, 0.25) is 5.91 Å². The third-order valence-electron chi connectivity index (χ3n) is 2.75. The van der Waals surface area contributed by atoms with Crippen LogP contribution < -0.4 is 10.6 Å². The van der Waals surface area contributed by atoms with Crippen molar-refractivity contribution < 1.29 is 14.7 Å². The van der Waals surface area contributed by atoms with E-state index in [1.807, 2.05) is 0 Å². The number of thiophene rings is 1. The third-order valence-corrected chi connectivity index (χ3v) is 4.61. The van der Waals surface area contributed by atoms with Crippen LogP contribution in [0.1, 0.15) is 16.6 Å². The van der Waals surface area contributed by atoms with Crippen LogP contribution in [0, 0.1) is 0 Å². The molecule has 2 aromatic rings. The van der Waals surface area contributed by atoms with Gasteiger partial charge in [0.1, 0.15) is 11.8 Å². The van der Waals surface area contributed by atoms with Gasteiger partial charge < -0.3 is 15.7 Å². The van der Waals surface area contributed by atoms with Gasteiger partial charge in [-0.05, 0) is 53.2 Å². The normalized spacial score (nSPS) is 11.8. The van der Waals surface area contributed by atoms with Gasteiger partial charge in [0, 0.05) is 5.02 Å². The molecule has 5 nitrogen and oxygen atoms in total. The van der Waals surface area contributed by atoms with Gasteiger partial charge in [-0.3, -0.25) is 9.59 Å². The Hall–Kier alpha value is -1.57. The predicted octanol–water partition coefficient (Wildman–Crippen LogP) is 3.63. The second-order valence-electron chi connectivity index (χ2n) is 4.45. The van der Waals surface area contributed by atoms with Gasteiger partial charge in [-0.2, -0.15) is 0 Å². The molecular weight excluding hydrogens is 392 g/mol. The molecular formula is C14H12BrClN2O3S. The summed E-state index contributed by atoms with van der Waals surface area (Å²) >= 11 is 10.4. The van der Waals surface area contributed by atoms with Crippen LogP contribution in [0.25, 0.3) is 0 Å². The van der Waals surface area contributed by atoms with E-state index in [4.69, 9.17) is 11.6 Å². The molecule has 116 valence electrons. The second-order valence-corrected chi connectivity index (χ2v) is 7.35. The summed E-state index contributed by atoms with van der Waals surface area (Å²) in [6.07, 6.45) is 0. The lowest BCUT2D eigenvalue weighted by atomic mass is 10.2. The van der Waals surface area contributed by atoms with Crippen molar-refractivity contribution in [2.45, 2.75) is 13.0 Å². The van der Waals surface area contributed by atoms with Crippen LogP contribution in [-0.2, 0) is 4.79 Å². The number of carbonyl (C=O) groups excluding carboxylic acids is 2. The monoisotopic (exact) mass is 402 g/mol. The number of amides is 2. The Morgan fingerprint density at radius 2 is 2.05 bits per heavy atom. The molecule has 3 N–H and O–H groups in total. The second kappa shape index (κ2) is 7.13. The van der Waals surface area contributed by atoms with Gasteiger partial charge in [0.15, 0.2) is 0 Å². The Morgan fingerprint density at radius 3 is 2.68 bits per heavy atom. The van der Waals surface area contributed by atoms with E-state index >= 15 is 0 Å². The summed E-state index contributed by atoms with van der Waals surface area (Å²) < 4.78 is 0.832. The van der Waals surface area contributed by atoms with Crippen molar-refractivity contribution in [2.24, 2.45) is 0 Å². The number of phenols is 1. The molecule has 1 aromatic heterocycles. The van der Waals surface area contributed by atoms with Crippen molar-refractivity contribution >= 4 is 56.4 Å². The average molecular weight is 404 g/mol. The molecule has 2 rings (SSSR count). The van der Waals surface area contributed by atoms with Crippen molar-refractivity contribution in [1.29, 1.82) is 0 Å². The van der Waals surface area contributed by atoms with Crippen LogP contribution in [0.3, 0.4) is 0 Å². The van der Waals surface area contributed by atoms with Gasteiger partial charge in [-0.1, -0.05) is 11.6 Å². The molecule has 0 saturated carbocycles. The van der Waals surface area contributed by atoms with E-state index in [-0.39, 0.29) is 17.3 Å². The first kappa shape index (κ1) is 16.8. The molecule has 0 bridgehead atoms. The summed E-state index contributed by atoms with van der Waals surface area (Å²) in [5.41, 5.74) is 0.192. The SMILES string of the molecule is CC(NC(=O)c1ccc(Br)s1)C(=O)Nc1cc(Cl)ccc1O. The fourth-order valence-electron chi connectivity index (χ4n) is 1.62. The minimum absolute atomic E-state index is 0.0986. The number of rotatable bonds is 4. The zero-order valence-corrected chi connectivity index (χ0v) is 14.6. The number of aromatic hydroxyl groups is 1. The first-order valence-corrected chi connectivity index (χ1v) is 8.21. The predicted molar refractivity (Wildman–Crippen MR) is 90.7 cm³/mol. The Bertz CT molecular complexity index is 720. The Balaban J connectivity index is 2.00. The van der Waals surface area contributed by atoms with Gasteiger partial charge in [-0.25, -0.2) is 0 Å². The molecule has 0 fully saturated rings. The lowest BCUT2D eigenvalue weighted by Crippen LogP contribution is -2.41. The zero-order chi connectivity index (χ0) is 16.3. The van der Waals surface area contributed by atoms with Crippen LogP contribution in [0.2, 0.25) is 5.02 Å². The highest BCUT2D eigenvalue weighted by Gasteiger charge is 2.18. The van der Waals surface area contributed by atoms with Crippen molar-refractivity contribution in [1.82, 2.24) is 5.32 Å². The van der Waals surface area contributed by atoms with Gasteiger partial charge in [0.25, 0.3) is 5.91 Å². The smallest absolute Gasteiger partial charge is 0.262 e. The highest BCUT2D eigenvalue weighted by molar-refractivity contribution is 9.11. The maximum Gasteiger partial charge on any atom is 0.262 e. The maximum atomic E-state index is 12.1. The number of halogens is 2. The molecule has 0 spiro atoms. The summed E-state index contributed by atoms with van der Waals surface area (Å²) in [6, 6.07) is 6.97. The molecule has 0 aliphatic carbocycles. The quantitative estimate of drug-likeness (QED) is 0.682. The number of nitrogens with one attached hydrogen (secondary N) is 2. The maximum absolute atomic E-state index is 12.1. The first-order chi connectivity index (χ1) is 10.4. The average Bonchev–Trinajstić information content (AvgIpc) is 2.89. The lowest BCUT2D eigenvalue weighted by Gasteiger charge is -2.14. The van der Waals surface area contributed by atoms with E-state index < -0.39 is 11.9 Å². The van der Waals surface area contributed by atoms with E-state index in [1.54, 1.807) is 19.1 Å². The minimum Gasteiger partial charge on any atom is -0.506 e. The third kappa shape index (κ3) is 4.22. The summed E-state index contributed by atoms with van der Waals surface area (Å²) in [4.78, 5) is 24.5.